The second-order valence-electron chi connectivity index (χ2n) is 3.25. The Morgan fingerprint density at radius 3 is 2.86 bits per heavy atom. The van der Waals surface area contributed by atoms with Gasteiger partial charge >= 0.3 is 0 Å². The molecule has 0 saturated carbocycles. The summed E-state index contributed by atoms with van der Waals surface area (Å²) in [5.74, 6) is 1.53. The Balaban J connectivity index is 2.39. The van der Waals surface area contributed by atoms with E-state index in [9.17, 15) is 0 Å². The van der Waals surface area contributed by atoms with Crippen molar-refractivity contribution < 1.29 is 9.47 Å². The molecule has 0 N–H and O–H groups in total. The van der Waals surface area contributed by atoms with Crippen molar-refractivity contribution in [1.29, 1.82) is 0 Å². The minimum atomic E-state index is 0.290. The van der Waals surface area contributed by atoms with E-state index >= 15 is 0 Å². The molecule has 4 nitrogen and oxygen atoms in total. The van der Waals surface area contributed by atoms with Gasteiger partial charge in [-0.25, -0.2) is 0 Å². The van der Waals surface area contributed by atoms with Crippen LogP contribution in [0.4, 0.5) is 0 Å². The van der Waals surface area contributed by atoms with Crippen LogP contribution in [0.15, 0.2) is 18.3 Å². The zero-order chi connectivity index (χ0) is 9.54. The molecule has 0 fully saturated rings. The van der Waals surface area contributed by atoms with E-state index < -0.39 is 0 Å². The summed E-state index contributed by atoms with van der Waals surface area (Å²) in [5, 5.41) is 8.98. The molecule has 0 spiro atoms. The molecule has 0 bridgehead atoms. The molecule has 0 saturated heterocycles. The Kier molecular flexibility index (Phi) is 1.39. The second-order valence-corrected chi connectivity index (χ2v) is 3.25. The van der Waals surface area contributed by atoms with E-state index in [2.05, 4.69) is 10.2 Å². The largest absolute Gasteiger partial charge is 0.454 e. The minimum Gasteiger partial charge on any atom is -0.454 e. The molecule has 1 aliphatic rings. The van der Waals surface area contributed by atoms with E-state index in [4.69, 9.17) is 9.47 Å². The van der Waals surface area contributed by atoms with Gasteiger partial charge in [-0.3, -0.25) is 0 Å². The molecule has 14 heavy (non-hydrogen) atoms. The van der Waals surface area contributed by atoms with Crippen LogP contribution in [0.3, 0.4) is 0 Å². The van der Waals surface area contributed by atoms with E-state index in [1.165, 1.54) is 0 Å². The fourth-order valence-electron chi connectivity index (χ4n) is 1.58. The van der Waals surface area contributed by atoms with Crippen LogP contribution in [-0.4, -0.2) is 17.0 Å². The summed E-state index contributed by atoms with van der Waals surface area (Å²) < 4.78 is 10.5. The van der Waals surface area contributed by atoms with Crippen LogP contribution in [-0.2, 0) is 0 Å². The summed E-state index contributed by atoms with van der Waals surface area (Å²) in [6.07, 6.45) is 1.74. The third kappa shape index (κ3) is 0.937. The standard InChI is InChI=1S/C10H8N2O2/c1-6-4-11-12-8-3-10-9(2-7(6)8)13-5-14-10/h2-4H,5H2,1H3. The number of ether oxygens (including phenoxy) is 2. The van der Waals surface area contributed by atoms with Gasteiger partial charge in [-0.15, -0.1) is 0 Å². The lowest BCUT2D eigenvalue weighted by Gasteiger charge is -2.01. The van der Waals surface area contributed by atoms with E-state index in [1.807, 2.05) is 19.1 Å². The summed E-state index contributed by atoms with van der Waals surface area (Å²) in [4.78, 5) is 0. The van der Waals surface area contributed by atoms with Crippen LogP contribution in [0.5, 0.6) is 11.5 Å². The highest BCUT2D eigenvalue weighted by Crippen LogP contribution is 2.35. The van der Waals surface area contributed by atoms with Crippen LogP contribution in [0.25, 0.3) is 10.9 Å². The van der Waals surface area contributed by atoms with Crippen molar-refractivity contribution in [1.82, 2.24) is 10.2 Å². The molecule has 0 aliphatic carbocycles. The summed E-state index contributed by atoms with van der Waals surface area (Å²) in [6.45, 7) is 2.29. The number of fused-ring (bicyclic) bond motifs is 2. The predicted octanol–water partition coefficient (Wildman–Crippen LogP) is 1.67. The van der Waals surface area contributed by atoms with Gasteiger partial charge in [0.25, 0.3) is 0 Å². The lowest BCUT2D eigenvalue weighted by atomic mass is 10.1. The number of nitrogens with zero attached hydrogens (tertiary/aromatic N) is 2. The van der Waals surface area contributed by atoms with E-state index in [0.29, 0.717) is 0 Å². The van der Waals surface area contributed by atoms with Crippen LogP contribution in [0, 0.1) is 6.92 Å². The number of aromatic nitrogens is 2. The van der Waals surface area contributed by atoms with Crippen LogP contribution in [0.2, 0.25) is 0 Å². The molecule has 2 aromatic rings. The molecular formula is C10H8N2O2. The molecule has 0 unspecified atom stereocenters. The third-order valence-corrected chi connectivity index (χ3v) is 2.33. The first-order valence-electron chi connectivity index (χ1n) is 4.36. The van der Waals surface area contributed by atoms with E-state index in [0.717, 1.165) is 28.0 Å². The molecule has 1 aromatic carbocycles. The van der Waals surface area contributed by atoms with Crippen molar-refractivity contribution in [3.8, 4) is 11.5 Å². The first kappa shape index (κ1) is 7.55. The maximum absolute atomic E-state index is 5.29. The first-order chi connectivity index (χ1) is 6.84. The highest BCUT2D eigenvalue weighted by molar-refractivity contribution is 5.85. The quantitative estimate of drug-likeness (QED) is 0.630. The Hall–Kier alpha value is -1.84. The number of hydrogen-bond acceptors (Lipinski definition) is 4. The minimum absolute atomic E-state index is 0.290. The van der Waals surface area contributed by atoms with Crippen LogP contribution >= 0.6 is 0 Å². The highest BCUT2D eigenvalue weighted by Gasteiger charge is 2.15. The third-order valence-electron chi connectivity index (χ3n) is 2.33. The molecule has 0 atom stereocenters. The molecule has 2 heterocycles. The van der Waals surface area contributed by atoms with Crippen molar-refractivity contribution in [2.75, 3.05) is 6.79 Å². The van der Waals surface area contributed by atoms with Crippen molar-refractivity contribution in [2.45, 2.75) is 6.92 Å². The van der Waals surface area contributed by atoms with Crippen molar-refractivity contribution >= 4 is 10.9 Å². The van der Waals surface area contributed by atoms with Gasteiger partial charge in [-0.05, 0) is 18.6 Å². The molecule has 1 aliphatic heterocycles. The van der Waals surface area contributed by atoms with E-state index in [-0.39, 0.29) is 6.79 Å². The van der Waals surface area contributed by atoms with Crippen molar-refractivity contribution in [2.24, 2.45) is 0 Å². The Labute approximate surface area is 80.5 Å². The molecule has 0 radical (unpaired) electrons. The van der Waals surface area contributed by atoms with Gasteiger partial charge in [-0.2, -0.15) is 10.2 Å². The molecule has 0 amide bonds. The van der Waals surface area contributed by atoms with Gasteiger partial charge in [0.1, 0.15) is 0 Å². The Morgan fingerprint density at radius 1 is 1.21 bits per heavy atom. The molecule has 1 aromatic heterocycles. The molecule has 4 heteroatoms. The lowest BCUT2D eigenvalue weighted by Crippen LogP contribution is -1.92. The maximum atomic E-state index is 5.29. The predicted molar refractivity (Wildman–Crippen MR) is 50.4 cm³/mol. The number of hydrogen-bond donors (Lipinski definition) is 0. The van der Waals surface area contributed by atoms with Gasteiger partial charge in [0.05, 0.1) is 11.7 Å². The average Bonchev–Trinajstić information content (AvgIpc) is 2.62. The highest BCUT2D eigenvalue weighted by atomic mass is 16.7. The number of benzene rings is 1. The second kappa shape index (κ2) is 2.57. The topological polar surface area (TPSA) is 44.2 Å². The van der Waals surface area contributed by atoms with Crippen molar-refractivity contribution in [3.05, 3.63) is 23.9 Å². The van der Waals surface area contributed by atoms with Gasteiger partial charge < -0.3 is 9.47 Å². The zero-order valence-corrected chi connectivity index (χ0v) is 7.65. The first-order valence-corrected chi connectivity index (χ1v) is 4.36. The Bertz CT molecular complexity index is 511. The van der Waals surface area contributed by atoms with Crippen LogP contribution < -0.4 is 9.47 Å². The molecule has 70 valence electrons. The Morgan fingerprint density at radius 2 is 2.00 bits per heavy atom. The van der Waals surface area contributed by atoms with Crippen molar-refractivity contribution in [3.63, 3.8) is 0 Å². The normalized spacial score (nSPS) is 13.5. The van der Waals surface area contributed by atoms with E-state index in [1.54, 1.807) is 6.20 Å². The lowest BCUT2D eigenvalue weighted by molar-refractivity contribution is 0.174. The molecular weight excluding hydrogens is 180 g/mol. The zero-order valence-electron chi connectivity index (χ0n) is 7.65. The summed E-state index contributed by atoms with van der Waals surface area (Å²) in [6, 6.07) is 3.80. The smallest absolute Gasteiger partial charge is 0.231 e. The maximum Gasteiger partial charge on any atom is 0.231 e. The van der Waals surface area contributed by atoms with Gasteiger partial charge in [0.15, 0.2) is 11.5 Å². The summed E-state index contributed by atoms with van der Waals surface area (Å²) in [5.41, 5.74) is 1.93. The van der Waals surface area contributed by atoms with Gasteiger partial charge in [-0.1, -0.05) is 0 Å². The summed E-state index contributed by atoms with van der Waals surface area (Å²) >= 11 is 0. The number of rotatable bonds is 0. The van der Waals surface area contributed by atoms with Gasteiger partial charge in [0, 0.05) is 11.5 Å². The molecule has 3 rings (SSSR count). The fraction of sp³-hybridized carbons (Fsp3) is 0.200. The summed E-state index contributed by atoms with van der Waals surface area (Å²) in [7, 11) is 0. The number of aryl methyl sites for hydroxylation is 1. The average molecular weight is 188 g/mol. The van der Waals surface area contributed by atoms with Crippen LogP contribution in [0.1, 0.15) is 5.56 Å². The SMILES string of the molecule is Cc1cnnc2cc3c(cc12)OCO3. The van der Waals surface area contributed by atoms with Gasteiger partial charge in [0.2, 0.25) is 6.79 Å². The fourth-order valence-corrected chi connectivity index (χ4v) is 1.58. The monoisotopic (exact) mass is 188 g/mol.